The Bertz CT molecular complexity index is 652. The smallest absolute Gasteiger partial charge is 0.313 e. The van der Waals surface area contributed by atoms with Crippen LogP contribution < -0.4 is 0 Å². The van der Waals surface area contributed by atoms with Crippen molar-refractivity contribution in [2.24, 2.45) is 0 Å². The SMILES string of the molecule is CCOC(=O)CC(=O)c1cnccn1.O=C(Cl)c1cnccn1. The largest absolute Gasteiger partial charge is 0.466 e. The minimum absolute atomic E-state index is 0.180. The molecule has 0 unspecified atom stereocenters. The highest BCUT2D eigenvalue weighted by atomic mass is 35.5. The van der Waals surface area contributed by atoms with Crippen molar-refractivity contribution in [1.82, 2.24) is 19.9 Å². The summed E-state index contributed by atoms with van der Waals surface area (Å²) in [6.07, 6.45) is 8.10. The van der Waals surface area contributed by atoms with Gasteiger partial charge in [-0.15, -0.1) is 0 Å². The van der Waals surface area contributed by atoms with Crippen LogP contribution in [0.1, 0.15) is 34.3 Å². The zero-order chi connectivity index (χ0) is 17.1. The van der Waals surface area contributed by atoms with Crippen LogP contribution in [0.5, 0.6) is 0 Å². The molecule has 2 rings (SSSR count). The fraction of sp³-hybridized carbons (Fsp3) is 0.214. The average Bonchev–Trinajstić information content (AvgIpc) is 2.57. The summed E-state index contributed by atoms with van der Waals surface area (Å²) in [7, 11) is 0. The summed E-state index contributed by atoms with van der Waals surface area (Å²) in [5.74, 6) is -0.917. The number of Topliss-reactive ketones (excluding diaryl/α,β-unsaturated/α-hetero) is 1. The van der Waals surface area contributed by atoms with E-state index in [9.17, 15) is 14.4 Å². The maximum Gasteiger partial charge on any atom is 0.313 e. The van der Waals surface area contributed by atoms with Crippen molar-refractivity contribution in [2.75, 3.05) is 6.61 Å². The number of carbonyl (C=O) groups excluding carboxylic acids is 3. The number of esters is 1. The van der Waals surface area contributed by atoms with Crippen LogP contribution in [0.15, 0.2) is 37.2 Å². The second-order valence-electron chi connectivity index (χ2n) is 3.86. The quantitative estimate of drug-likeness (QED) is 0.349. The van der Waals surface area contributed by atoms with Gasteiger partial charge in [0.05, 0.1) is 19.0 Å². The third-order valence-electron chi connectivity index (χ3n) is 2.22. The van der Waals surface area contributed by atoms with E-state index >= 15 is 0 Å². The van der Waals surface area contributed by atoms with Crippen molar-refractivity contribution in [2.45, 2.75) is 13.3 Å². The summed E-state index contributed by atoms with van der Waals surface area (Å²) >= 11 is 5.06. The number of rotatable bonds is 5. The average molecular weight is 337 g/mol. The third kappa shape index (κ3) is 7.18. The normalized spacial score (nSPS) is 9.30. The van der Waals surface area contributed by atoms with Crippen LogP contribution >= 0.6 is 11.6 Å². The Balaban J connectivity index is 0.000000253. The van der Waals surface area contributed by atoms with Crippen molar-refractivity contribution >= 4 is 28.6 Å². The van der Waals surface area contributed by atoms with E-state index in [4.69, 9.17) is 11.6 Å². The zero-order valence-corrected chi connectivity index (χ0v) is 12.9. The van der Waals surface area contributed by atoms with Crippen molar-refractivity contribution in [1.29, 1.82) is 0 Å². The fourth-order valence-corrected chi connectivity index (χ4v) is 1.37. The van der Waals surface area contributed by atoms with E-state index in [1.807, 2.05) is 0 Å². The molecule has 0 radical (unpaired) electrons. The summed E-state index contributed by atoms with van der Waals surface area (Å²) in [6, 6.07) is 0. The maximum atomic E-state index is 11.3. The van der Waals surface area contributed by atoms with E-state index in [0.29, 0.717) is 0 Å². The first kappa shape index (κ1) is 18.3. The number of ketones is 1. The predicted molar refractivity (Wildman–Crippen MR) is 79.8 cm³/mol. The Labute approximate surface area is 136 Å². The number of hydrogen-bond donors (Lipinski definition) is 0. The van der Waals surface area contributed by atoms with Gasteiger partial charge in [0.25, 0.3) is 5.24 Å². The minimum Gasteiger partial charge on any atom is -0.466 e. The van der Waals surface area contributed by atoms with Gasteiger partial charge in [0.1, 0.15) is 17.8 Å². The molecule has 0 aromatic carbocycles. The number of aromatic nitrogens is 4. The summed E-state index contributed by atoms with van der Waals surface area (Å²) in [6.45, 7) is 1.96. The molecule has 0 fully saturated rings. The molecule has 2 heterocycles. The van der Waals surface area contributed by atoms with Gasteiger partial charge in [0.15, 0.2) is 5.78 Å². The molecule has 2 aromatic heterocycles. The molecule has 0 saturated carbocycles. The van der Waals surface area contributed by atoms with Gasteiger partial charge in [-0.05, 0) is 18.5 Å². The molecule has 23 heavy (non-hydrogen) atoms. The highest BCUT2D eigenvalue weighted by molar-refractivity contribution is 6.67. The number of carbonyl (C=O) groups is 3. The second kappa shape index (κ2) is 10.1. The summed E-state index contributed by atoms with van der Waals surface area (Å²) in [5.41, 5.74) is 0.361. The molecule has 0 aliphatic carbocycles. The van der Waals surface area contributed by atoms with E-state index < -0.39 is 11.2 Å². The molecular formula is C14H13ClN4O4. The van der Waals surface area contributed by atoms with Gasteiger partial charge in [-0.2, -0.15) is 0 Å². The molecule has 8 nitrogen and oxygen atoms in total. The Morgan fingerprint density at radius 3 is 1.96 bits per heavy atom. The van der Waals surface area contributed by atoms with E-state index in [-0.39, 0.29) is 30.2 Å². The van der Waals surface area contributed by atoms with Gasteiger partial charge in [-0.1, -0.05) is 0 Å². The van der Waals surface area contributed by atoms with Crippen LogP contribution in [0, 0.1) is 0 Å². The lowest BCUT2D eigenvalue weighted by molar-refractivity contribution is -0.141. The van der Waals surface area contributed by atoms with E-state index in [1.165, 1.54) is 37.2 Å². The van der Waals surface area contributed by atoms with Crippen molar-refractivity contribution in [3.63, 3.8) is 0 Å². The lowest BCUT2D eigenvalue weighted by atomic mass is 10.2. The van der Waals surface area contributed by atoms with Crippen molar-refractivity contribution < 1.29 is 19.1 Å². The van der Waals surface area contributed by atoms with Crippen LogP contribution in [0.25, 0.3) is 0 Å². The first-order chi connectivity index (χ1) is 11.0. The highest BCUT2D eigenvalue weighted by Gasteiger charge is 2.13. The van der Waals surface area contributed by atoms with Crippen molar-refractivity contribution in [3.05, 3.63) is 48.6 Å². The van der Waals surface area contributed by atoms with Crippen LogP contribution in [0.3, 0.4) is 0 Å². The standard InChI is InChI=1S/C9H10N2O3.C5H3ClN2O/c1-2-14-9(13)5-8(12)7-6-10-3-4-11-7;6-5(9)4-3-7-1-2-8-4/h3-4,6H,2,5H2,1H3;1-3H. The predicted octanol–water partition coefficient (Wildman–Crippen LogP) is 1.47. The van der Waals surface area contributed by atoms with Crippen molar-refractivity contribution in [3.8, 4) is 0 Å². The van der Waals surface area contributed by atoms with Crippen LogP contribution in [0.2, 0.25) is 0 Å². The van der Waals surface area contributed by atoms with Crippen LogP contribution in [-0.4, -0.2) is 43.5 Å². The summed E-state index contributed by atoms with van der Waals surface area (Å²) < 4.78 is 4.63. The van der Waals surface area contributed by atoms with E-state index in [0.717, 1.165) is 0 Å². The lowest BCUT2D eigenvalue weighted by Gasteiger charge is -1.99. The molecule has 9 heteroatoms. The number of hydrogen-bond acceptors (Lipinski definition) is 8. The topological polar surface area (TPSA) is 112 Å². The van der Waals surface area contributed by atoms with Gasteiger partial charge in [-0.25, -0.2) is 9.97 Å². The Morgan fingerprint density at radius 1 is 1.00 bits per heavy atom. The summed E-state index contributed by atoms with van der Waals surface area (Å²) in [5, 5.41) is -0.580. The van der Waals surface area contributed by atoms with E-state index in [1.54, 1.807) is 6.92 Å². The molecule has 120 valence electrons. The lowest BCUT2D eigenvalue weighted by Crippen LogP contribution is -2.12. The van der Waals surface area contributed by atoms with Gasteiger partial charge in [-0.3, -0.25) is 24.4 Å². The van der Waals surface area contributed by atoms with Gasteiger partial charge < -0.3 is 4.74 Å². The number of nitrogens with zero attached hydrogens (tertiary/aromatic N) is 4. The molecule has 0 aliphatic rings. The molecule has 0 spiro atoms. The molecule has 0 aliphatic heterocycles. The fourth-order valence-electron chi connectivity index (χ4n) is 1.28. The first-order valence-electron chi connectivity index (χ1n) is 6.45. The van der Waals surface area contributed by atoms with E-state index in [2.05, 4.69) is 24.7 Å². The minimum atomic E-state index is -0.580. The molecule has 0 amide bonds. The van der Waals surface area contributed by atoms with Gasteiger partial charge in [0, 0.05) is 24.8 Å². The highest BCUT2D eigenvalue weighted by Crippen LogP contribution is 1.98. The Kier molecular flexibility index (Phi) is 8.01. The second-order valence-corrected chi connectivity index (χ2v) is 4.20. The monoisotopic (exact) mass is 336 g/mol. The zero-order valence-electron chi connectivity index (χ0n) is 12.2. The summed E-state index contributed by atoms with van der Waals surface area (Å²) in [4.78, 5) is 47.3. The number of ether oxygens (including phenoxy) is 1. The first-order valence-corrected chi connectivity index (χ1v) is 6.83. The Morgan fingerprint density at radius 2 is 1.57 bits per heavy atom. The maximum absolute atomic E-state index is 11.3. The third-order valence-corrected chi connectivity index (χ3v) is 2.42. The molecule has 0 bridgehead atoms. The molecule has 2 aromatic rings. The number of halogens is 1. The van der Waals surface area contributed by atoms with Gasteiger partial charge in [0.2, 0.25) is 0 Å². The molecular weight excluding hydrogens is 324 g/mol. The van der Waals surface area contributed by atoms with Crippen LogP contribution in [0.4, 0.5) is 0 Å². The Hall–Kier alpha value is -2.74. The molecule has 0 saturated heterocycles. The molecule has 0 N–H and O–H groups in total. The van der Waals surface area contributed by atoms with Gasteiger partial charge >= 0.3 is 5.97 Å². The molecule has 0 atom stereocenters. The van der Waals surface area contributed by atoms with Crippen LogP contribution in [-0.2, 0) is 9.53 Å².